The number of nitrogens with one attached hydrogen (secondary N) is 1. The lowest BCUT2D eigenvalue weighted by Gasteiger charge is -2.28. The van der Waals surface area contributed by atoms with Crippen LogP contribution < -0.4 is 10.2 Å². The van der Waals surface area contributed by atoms with Crippen LogP contribution in [0.4, 0.5) is 5.69 Å². The summed E-state index contributed by atoms with van der Waals surface area (Å²) in [7, 11) is 4.10. The van der Waals surface area contributed by atoms with Crippen molar-refractivity contribution in [3.05, 3.63) is 65.7 Å². The first-order chi connectivity index (χ1) is 12.1. The first kappa shape index (κ1) is 17.5. The molecule has 0 spiro atoms. The van der Waals surface area contributed by atoms with E-state index in [2.05, 4.69) is 39.4 Å². The number of hydrogen-bond acceptors (Lipinski definition) is 3. The van der Waals surface area contributed by atoms with E-state index in [9.17, 15) is 4.79 Å². The van der Waals surface area contributed by atoms with Crippen LogP contribution in [-0.2, 0) is 0 Å². The van der Waals surface area contributed by atoms with Crippen molar-refractivity contribution in [2.24, 2.45) is 0 Å². The van der Waals surface area contributed by atoms with Gasteiger partial charge in [0.1, 0.15) is 0 Å². The Morgan fingerprint density at radius 1 is 1.04 bits per heavy atom. The standard InChI is InChI=1S/C21H27N3O/c1-23(2)19-12-10-17(11-13-19)20(24-14-6-7-15-24)16-22-21(25)18-8-4-3-5-9-18/h3-5,8-13,20H,6-7,14-16H2,1-2H3,(H,22,25)/t20-/m1/s1. The molecule has 1 amide bonds. The van der Waals surface area contributed by atoms with Gasteiger partial charge in [0.2, 0.25) is 0 Å². The first-order valence-corrected chi connectivity index (χ1v) is 9.00. The molecule has 3 rings (SSSR count). The predicted octanol–water partition coefficient (Wildman–Crippen LogP) is 3.32. The Labute approximate surface area is 150 Å². The van der Waals surface area contributed by atoms with Crippen molar-refractivity contribution >= 4 is 11.6 Å². The van der Waals surface area contributed by atoms with Crippen LogP contribution in [0.1, 0.15) is 34.8 Å². The maximum Gasteiger partial charge on any atom is 0.251 e. The van der Waals surface area contributed by atoms with Gasteiger partial charge in [0, 0.05) is 31.9 Å². The van der Waals surface area contributed by atoms with Crippen LogP contribution in [-0.4, -0.2) is 44.5 Å². The van der Waals surface area contributed by atoms with E-state index in [-0.39, 0.29) is 11.9 Å². The molecule has 4 nitrogen and oxygen atoms in total. The van der Waals surface area contributed by atoms with Crippen LogP contribution in [0.2, 0.25) is 0 Å². The van der Waals surface area contributed by atoms with Gasteiger partial charge in [0.05, 0.1) is 6.04 Å². The molecular formula is C21H27N3O. The minimum atomic E-state index is -0.00490. The van der Waals surface area contributed by atoms with Gasteiger partial charge in [-0.1, -0.05) is 30.3 Å². The maximum atomic E-state index is 12.4. The molecule has 1 heterocycles. The van der Waals surface area contributed by atoms with Crippen molar-refractivity contribution in [2.75, 3.05) is 38.6 Å². The Hall–Kier alpha value is -2.33. The smallest absolute Gasteiger partial charge is 0.251 e. The molecule has 0 saturated carbocycles. The molecule has 1 aliphatic heterocycles. The van der Waals surface area contributed by atoms with Crippen LogP contribution in [0.5, 0.6) is 0 Å². The number of amides is 1. The van der Waals surface area contributed by atoms with Crippen LogP contribution in [0, 0.1) is 0 Å². The average molecular weight is 337 g/mol. The second-order valence-corrected chi connectivity index (χ2v) is 6.82. The average Bonchev–Trinajstić information content (AvgIpc) is 3.17. The third-order valence-electron chi connectivity index (χ3n) is 4.87. The highest BCUT2D eigenvalue weighted by molar-refractivity contribution is 5.94. The van der Waals surface area contributed by atoms with E-state index in [1.807, 2.05) is 44.4 Å². The van der Waals surface area contributed by atoms with Crippen molar-refractivity contribution < 1.29 is 4.79 Å². The predicted molar refractivity (Wildman–Crippen MR) is 103 cm³/mol. The Morgan fingerprint density at radius 3 is 2.28 bits per heavy atom. The maximum absolute atomic E-state index is 12.4. The summed E-state index contributed by atoms with van der Waals surface area (Å²) in [6, 6.07) is 18.3. The quantitative estimate of drug-likeness (QED) is 0.878. The van der Waals surface area contributed by atoms with Crippen molar-refractivity contribution in [1.29, 1.82) is 0 Å². The molecule has 1 atom stereocenters. The largest absolute Gasteiger partial charge is 0.378 e. The zero-order valence-corrected chi connectivity index (χ0v) is 15.1. The van der Waals surface area contributed by atoms with E-state index >= 15 is 0 Å². The van der Waals surface area contributed by atoms with E-state index < -0.39 is 0 Å². The summed E-state index contributed by atoms with van der Waals surface area (Å²) in [4.78, 5) is 17.0. The third-order valence-corrected chi connectivity index (χ3v) is 4.87. The molecule has 1 aliphatic rings. The molecule has 1 N–H and O–H groups in total. The lowest BCUT2D eigenvalue weighted by molar-refractivity contribution is 0.0938. The first-order valence-electron chi connectivity index (χ1n) is 9.00. The van der Waals surface area contributed by atoms with Crippen LogP contribution in [0.25, 0.3) is 0 Å². The summed E-state index contributed by atoms with van der Waals surface area (Å²) in [6.45, 7) is 2.83. The van der Waals surface area contributed by atoms with Crippen molar-refractivity contribution in [3.8, 4) is 0 Å². The van der Waals surface area contributed by atoms with Crippen molar-refractivity contribution in [3.63, 3.8) is 0 Å². The van der Waals surface area contributed by atoms with E-state index in [0.717, 1.165) is 13.1 Å². The highest BCUT2D eigenvalue weighted by Gasteiger charge is 2.24. The van der Waals surface area contributed by atoms with Crippen LogP contribution >= 0.6 is 0 Å². The monoisotopic (exact) mass is 337 g/mol. The Balaban J connectivity index is 1.72. The van der Waals surface area contributed by atoms with Gasteiger partial charge in [-0.25, -0.2) is 0 Å². The second kappa shape index (κ2) is 8.17. The summed E-state index contributed by atoms with van der Waals surface area (Å²) < 4.78 is 0. The van der Waals surface area contributed by atoms with Crippen LogP contribution in [0.15, 0.2) is 54.6 Å². The fraction of sp³-hybridized carbons (Fsp3) is 0.381. The normalized spacial score (nSPS) is 15.8. The van der Waals surface area contributed by atoms with Gasteiger partial charge >= 0.3 is 0 Å². The van der Waals surface area contributed by atoms with Crippen molar-refractivity contribution in [1.82, 2.24) is 10.2 Å². The minimum Gasteiger partial charge on any atom is -0.378 e. The second-order valence-electron chi connectivity index (χ2n) is 6.82. The summed E-state index contributed by atoms with van der Waals surface area (Å²) in [5, 5.41) is 3.12. The number of nitrogens with zero attached hydrogens (tertiary/aromatic N) is 2. The molecule has 1 saturated heterocycles. The van der Waals surface area contributed by atoms with Crippen molar-refractivity contribution in [2.45, 2.75) is 18.9 Å². The summed E-state index contributed by atoms with van der Waals surface area (Å²) >= 11 is 0. The molecular weight excluding hydrogens is 310 g/mol. The molecule has 4 heteroatoms. The number of benzene rings is 2. The number of rotatable bonds is 6. The van der Waals surface area contributed by atoms with Gasteiger partial charge in [0.25, 0.3) is 5.91 Å². The lowest BCUT2D eigenvalue weighted by Crippen LogP contribution is -2.36. The third kappa shape index (κ3) is 4.40. The summed E-state index contributed by atoms with van der Waals surface area (Å²) in [6.07, 6.45) is 2.47. The Morgan fingerprint density at radius 2 is 1.68 bits per heavy atom. The molecule has 132 valence electrons. The fourth-order valence-corrected chi connectivity index (χ4v) is 3.39. The Kier molecular flexibility index (Phi) is 5.71. The number of anilines is 1. The number of carbonyl (C=O) groups is 1. The number of likely N-dealkylation sites (tertiary alicyclic amines) is 1. The van der Waals surface area contributed by atoms with E-state index in [1.165, 1.54) is 24.1 Å². The Bertz CT molecular complexity index is 676. The van der Waals surface area contributed by atoms with Gasteiger partial charge in [-0.05, 0) is 55.8 Å². The number of hydrogen-bond donors (Lipinski definition) is 1. The molecule has 2 aromatic rings. The molecule has 0 bridgehead atoms. The highest BCUT2D eigenvalue weighted by Crippen LogP contribution is 2.26. The molecule has 0 radical (unpaired) electrons. The topological polar surface area (TPSA) is 35.6 Å². The van der Waals surface area contributed by atoms with Gasteiger partial charge in [-0.3, -0.25) is 9.69 Å². The number of carbonyl (C=O) groups excluding carboxylic acids is 1. The van der Waals surface area contributed by atoms with Gasteiger partial charge < -0.3 is 10.2 Å². The summed E-state index contributed by atoms with van der Waals surface area (Å²) in [5.74, 6) is -0.00490. The molecule has 2 aromatic carbocycles. The van der Waals surface area contributed by atoms with Gasteiger partial charge in [-0.15, -0.1) is 0 Å². The van der Waals surface area contributed by atoms with Gasteiger partial charge in [-0.2, -0.15) is 0 Å². The molecule has 0 unspecified atom stereocenters. The minimum absolute atomic E-state index is 0.00490. The van der Waals surface area contributed by atoms with E-state index in [0.29, 0.717) is 12.1 Å². The van der Waals surface area contributed by atoms with E-state index in [1.54, 1.807) is 0 Å². The highest BCUT2D eigenvalue weighted by atomic mass is 16.1. The fourth-order valence-electron chi connectivity index (χ4n) is 3.39. The lowest BCUT2D eigenvalue weighted by atomic mass is 10.0. The van der Waals surface area contributed by atoms with Gasteiger partial charge in [0.15, 0.2) is 0 Å². The molecule has 1 fully saturated rings. The summed E-state index contributed by atoms with van der Waals surface area (Å²) in [5.41, 5.74) is 3.17. The molecule has 0 aliphatic carbocycles. The zero-order chi connectivity index (χ0) is 17.6. The van der Waals surface area contributed by atoms with E-state index in [4.69, 9.17) is 0 Å². The molecule has 0 aromatic heterocycles. The zero-order valence-electron chi connectivity index (χ0n) is 15.1. The molecule has 25 heavy (non-hydrogen) atoms. The SMILES string of the molecule is CN(C)c1ccc([C@@H](CNC(=O)c2ccccc2)N2CCCC2)cc1. The van der Waals surface area contributed by atoms with Crippen LogP contribution in [0.3, 0.4) is 0 Å².